The van der Waals surface area contributed by atoms with Crippen molar-refractivity contribution in [3.05, 3.63) is 12.2 Å². The van der Waals surface area contributed by atoms with Gasteiger partial charge in [0.05, 0.1) is 11.7 Å². The SMILES string of the molecule is CC(=O)/C=C/[C@@H]1C(C)(C)[C@H](C)C[C@H]2O[C@@]12C. The molecule has 0 aromatic carbocycles. The van der Waals surface area contributed by atoms with E-state index in [0.717, 1.165) is 6.42 Å². The maximum absolute atomic E-state index is 11.1. The highest BCUT2D eigenvalue weighted by molar-refractivity contribution is 5.87. The first-order valence-corrected chi connectivity index (χ1v) is 6.15. The molecule has 0 amide bonds. The number of carbonyl (C=O) groups is 1. The summed E-state index contributed by atoms with van der Waals surface area (Å²) in [5.41, 5.74) is 0.176. The minimum atomic E-state index is -0.0258. The normalized spacial score (nSPS) is 45.4. The van der Waals surface area contributed by atoms with Crippen molar-refractivity contribution in [1.29, 1.82) is 0 Å². The first kappa shape index (κ1) is 11.8. The Morgan fingerprint density at radius 3 is 2.56 bits per heavy atom. The van der Waals surface area contributed by atoms with Crippen molar-refractivity contribution in [2.45, 2.75) is 52.7 Å². The maximum atomic E-state index is 11.1. The second kappa shape index (κ2) is 3.43. The van der Waals surface area contributed by atoms with E-state index >= 15 is 0 Å². The van der Waals surface area contributed by atoms with Crippen LogP contribution < -0.4 is 0 Å². The number of allylic oxidation sites excluding steroid dienone is 1. The van der Waals surface area contributed by atoms with Crippen LogP contribution >= 0.6 is 0 Å². The highest BCUT2D eigenvalue weighted by Crippen LogP contribution is 2.60. The highest BCUT2D eigenvalue weighted by atomic mass is 16.6. The van der Waals surface area contributed by atoms with Gasteiger partial charge in [-0.2, -0.15) is 0 Å². The summed E-state index contributed by atoms with van der Waals surface area (Å²) in [6.45, 7) is 10.6. The molecule has 1 saturated heterocycles. The quantitative estimate of drug-likeness (QED) is 0.531. The van der Waals surface area contributed by atoms with E-state index < -0.39 is 0 Å². The van der Waals surface area contributed by atoms with Gasteiger partial charge in [0.2, 0.25) is 0 Å². The molecule has 1 aliphatic heterocycles. The van der Waals surface area contributed by atoms with Crippen molar-refractivity contribution in [2.75, 3.05) is 0 Å². The molecule has 0 bridgehead atoms. The number of epoxide rings is 1. The molecule has 1 heterocycles. The van der Waals surface area contributed by atoms with Crippen molar-refractivity contribution in [3.8, 4) is 0 Å². The van der Waals surface area contributed by atoms with E-state index in [1.54, 1.807) is 13.0 Å². The van der Waals surface area contributed by atoms with Crippen LogP contribution in [0.4, 0.5) is 0 Å². The standard InChI is InChI=1S/C14H22O2/c1-9-8-12-14(5,16-12)11(13(9,3)4)7-6-10(2)15/h6-7,9,11-12H,8H2,1-5H3/b7-6+/t9-,11-,12-,14+/m1/s1. The van der Waals surface area contributed by atoms with Gasteiger partial charge in [0.15, 0.2) is 5.78 Å². The molecule has 2 aliphatic rings. The van der Waals surface area contributed by atoms with Crippen LogP contribution in [0.5, 0.6) is 0 Å². The summed E-state index contributed by atoms with van der Waals surface area (Å²) < 4.78 is 5.85. The van der Waals surface area contributed by atoms with Gasteiger partial charge in [-0.15, -0.1) is 0 Å². The summed E-state index contributed by atoms with van der Waals surface area (Å²) in [7, 11) is 0. The summed E-state index contributed by atoms with van der Waals surface area (Å²) in [5, 5.41) is 0. The molecule has 2 fully saturated rings. The molecule has 90 valence electrons. The fourth-order valence-electron chi connectivity index (χ4n) is 3.17. The molecule has 1 aliphatic carbocycles. The van der Waals surface area contributed by atoms with Crippen LogP contribution in [0.3, 0.4) is 0 Å². The molecule has 2 rings (SSSR count). The van der Waals surface area contributed by atoms with Crippen molar-refractivity contribution >= 4 is 5.78 Å². The summed E-state index contributed by atoms with van der Waals surface area (Å²) in [5.74, 6) is 1.10. The zero-order chi connectivity index (χ0) is 12.1. The summed E-state index contributed by atoms with van der Waals surface area (Å²) >= 11 is 0. The molecule has 0 unspecified atom stereocenters. The number of hydrogen-bond donors (Lipinski definition) is 0. The van der Waals surface area contributed by atoms with Crippen molar-refractivity contribution in [2.24, 2.45) is 17.3 Å². The van der Waals surface area contributed by atoms with Crippen LogP contribution in [0.2, 0.25) is 0 Å². The van der Waals surface area contributed by atoms with E-state index in [2.05, 4.69) is 33.8 Å². The zero-order valence-corrected chi connectivity index (χ0v) is 10.9. The molecule has 16 heavy (non-hydrogen) atoms. The van der Waals surface area contributed by atoms with Gasteiger partial charge in [-0.3, -0.25) is 4.79 Å². The lowest BCUT2D eigenvalue weighted by Crippen LogP contribution is -2.44. The molecular weight excluding hydrogens is 200 g/mol. The Hall–Kier alpha value is -0.630. The number of carbonyl (C=O) groups excluding carboxylic acids is 1. The van der Waals surface area contributed by atoms with Gasteiger partial charge < -0.3 is 4.74 Å². The van der Waals surface area contributed by atoms with Crippen LogP contribution in [0, 0.1) is 17.3 Å². The second-order valence-corrected chi connectivity index (χ2v) is 6.20. The third-order valence-electron chi connectivity index (χ3n) is 4.76. The van der Waals surface area contributed by atoms with Crippen LogP contribution in [0.1, 0.15) is 41.0 Å². The second-order valence-electron chi connectivity index (χ2n) is 6.20. The predicted octanol–water partition coefficient (Wildman–Crippen LogP) is 2.97. The summed E-state index contributed by atoms with van der Waals surface area (Å²) in [4.78, 5) is 11.1. The van der Waals surface area contributed by atoms with E-state index in [4.69, 9.17) is 4.74 Å². The Labute approximate surface area is 98.1 Å². The Kier molecular flexibility index (Phi) is 2.54. The van der Waals surface area contributed by atoms with Crippen LogP contribution in [0.15, 0.2) is 12.2 Å². The third kappa shape index (κ3) is 1.64. The minimum absolute atomic E-state index is 0.0258. The average molecular weight is 222 g/mol. The Bertz CT molecular complexity index is 343. The Morgan fingerprint density at radius 1 is 1.38 bits per heavy atom. The molecular formula is C14H22O2. The largest absolute Gasteiger partial charge is 0.366 e. The molecule has 4 atom stereocenters. The van der Waals surface area contributed by atoms with Crippen molar-refractivity contribution in [1.82, 2.24) is 0 Å². The van der Waals surface area contributed by atoms with Gasteiger partial charge in [-0.25, -0.2) is 0 Å². The van der Waals surface area contributed by atoms with Crippen molar-refractivity contribution < 1.29 is 9.53 Å². The van der Waals surface area contributed by atoms with E-state index in [-0.39, 0.29) is 16.8 Å². The Morgan fingerprint density at radius 2 is 2.00 bits per heavy atom. The summed E-state index contributed by atoms with van der Waals surface area (Å²) in [6.07, 6.45) is 5.32. The smallest absolute Gasteiger partial charge is 0.152 e. The van der Waals surface area contributed by atoms with Gasteiger partial charge in [0.1, 0.15) is 0 Å². The zero-order valence-electron chi connectivity index (χ0n) is 10.9. The van der Waals surface area contributed by atoms with E-state index in [1.807, 2.05) is 0 Å². The molecule has 0 aromatic rings. The number of fused-ring (bicyclic) bond motifs is 1. The van der Waals surface area contributed by atoms with Gasteiger partial charge in [-0.05, 0) is 37.7 Å². The topological polar surface area (TPSA) is 29.6 Å². The van der Waals surface area contributed by atoms with E-state index in [9.17, 15) is 4.79 Å². The Balaban J connectivity index is 2.27. The number of ether oxygens (including phenoxy) is 1. The third-order valence-corrected chi connectivity index (χ3v) is 4.76. The first-order valence-electron chi connectivity index (χ1n) is 6.15. The molecule has 2 heteroatoms. The van der Waals surface area contributed by atoms with Crippen LogP contribution in [0.25, 0.3) is 0 Å². The monoisotopic (exact) mass is 222 g/mol. The first-order chi connectivity index (χ1) is 7.28. The predicted molar refractivity (Wildman–Crippen MR) is 64.2 cm³/mol. The van der Waals surface area contributed by atoms with Crippen LogP contribution in [-0.2, 0) is 9.53 Å². The molecule has 0 radical (unpaired) electrons. The number of ketones is 1. The van der Waals surface area contributed by atoms with E-state index in [0.29, 0.717) is 17.9 Å². The van der Waals surface area contributed by atoms with Crippen LogP contribution in [-0.4, -0.2) is 17.5 Å². The lowest BCUT2D eigenvalue weighted by Gasteiger charge is -2.43. The molecule has 0 spiro atoms. The van der Waals surface area contributed by atoms with Gasteiger partial charge in [0, 0.05) is 5.92 Å². The highest BCUT2D eigenvalue weighted by Gasteiger charge is 2.65. The summed E-state index contributed by atoms with van der Waals surface area (Å²) in [6, 6.07) is 0. The minimum Gasteiger partial charge on any atom is -0.366 e. The fourth-order valence-corrected chi connectivity index (χ4v) is 3.17. The lowest BCUT2D eigenvalue weighted by molar-refractivity contribution is -0.112. The van der Waals surface area contributed by atoms with Crippen molar-refractivity contribution in [3.63, 3.8) is 0 Å². The number of rotatable bonds is 2. The lowest BCUT2D eigenvalue weighted by atomic mass is 9.59. The van der Waals surface area contributed by atoms with Gasteiger partial charge in [0.25, 0.3) is 0 Å². The van der Waals surface area contributed by atoms with E-state index in [1.165, 1.54) is 0 Å². The van der Waals surface area contributed by atoms with Gasteiger partial charge in [-0.1, -0.05) is 26.8 Å². The average Bonchev–Trinajstić information content (AvgIpc) is 2.75. The number of hydrogen-bond acceptors (Lipinski definition) is 2. The molecule has 1 saturated carbocycles. The molecule has 0 N–H and O–H groups in total. The molecule has 2 nitrogen and oxygen atoms in total. The maximum Gasteiger partial charge on any atom is 0.152 e. The molecule has 0 aromatic heterocycles. The van der Waals surface area contributed by atoms with Gasteiger partial charge >= 0.3 is 0 Å². The fraction of sp³-hybridized carbons (Fsp3) is 0.786.